The van der Waals surface area contributed by atoms with E-state index in [1.165, 1.54) is 0 Å². The minimum Gasteiger partial charge on any atom is -0.383 e. The molecule has 5 nitrogen and oxygen atoms in total. The molecule has 0 aliphatic heterocycles. The first-order valence-corrected chi connectivity index (χ1v) is 7.48. The molecule has 5 heteroatoms. The molecule has 1 rings (SSSR count). The van der Waals surface area contributed by atoms with Crippen LogP contribution in [0.25, 0.3) is 0 Å². The molecule has 2 N–H and O–H groups in total. The molecule has 22 heavy (non-hydrogen) atoms. The van der Waals surface area contributed by atoms with Gasteiger partial charge >= 0.3 is 0 Å². The van der Waals surface area contributed by atoms with Gasteiger partial charge in [-0.3, -0.25) is 9.59 Å². The molecule has 0 saturated carbocycles. The SMILES string of the molecule is COCCNC(=O)C(C)(C)C(=O)Nc1ccccc1C(C)C. The maximum atomic E-state index is 12.5. The lowest BCUT2D eigenvalue weighted by molar-refractivity contribution is -0.138. The summed E-state index contributed by atoms with van der Waals surface area (Å²) in [5.74, 6) is -0.352. The van der Waals surface area contributed by atoms with Crippen LogP contribution in [0, 0.1) is 5.41 Å². The summed E-state index contributed by atoms with van der Waals surface area (Å²) in [4.78, 5) is 24.6. The van der Waals surface area contributed by atoms with Gasteiger partial charge in [0.05, 0.1) is 6.61 Å². The lowest BCUT2D eigenvalue weighted by atomic mass is 9.90. The van der Waals surface area contributed by atoms with Gasteiger partial charge in [-0.15, -0.1) is 0 Å². The summed E-state index contributed by atoms with van der Waals surface area (Å²) in [5.41, 5.74) is 0.643. The third-order valence-electron chi connectivity index (χ3n) is 3.56. The number of hydrogen-bond acceptors (Lipinski definition) is 3. The Labute approximate surface area is 132 Å². The van der Waals surface area contributed by atoms with Gasteiger partial charge in [0.1, 0.15) is 5.41 Å². The van der Waals surface area contributed by atoms with E-state index in [0.717, 1.165) is 11.3 Å². The van der Waals surface area contributed by atoms with Crippen LogP contribution in [0.4, 0.5) is 5.69 Å². The topological polar surface area (TPSA) is 67.4 Å². The van der Waals surface area contributed by atoms with Gasteiger partial charge in [-0.1, -0.05) is 32.0 Å². The number of rotatable bonds is 7. The molecule has 2 amide bonds. The Morgan fingerprint density at radius 3 is 2.41 bits per heavy atom. The molecule has 0 heterocycles. The van der Waals surface area contributed by atoms with E-state index >= 15 is 0 Å². The van der Waals surface area contributed by atoms with Crippen molar-refractivity contribution in [1.29, 1.82) is 0 Å². The highest BCUT2D eigenvalue weighted by Gasteiger charge is 2.36. The van der Waals surface area contributed by atoms with Crippen molar-refractivity contribution < 1.29 is 14.3 Å². The molecule has 122 valence electrons. The highest BCUT2D eigenvalue weighted by molar-refractivity contribution is 6.10. The Bertz CT molecular complexity index is 524. The first kappa shape index (κ1) is 18.2. The van der Waals surface area contributed by atoms with Crippen molar-refractivity contribution >= 4 is 17.5 Å². The number of benzene rings is 1. The largest absolute Gasteiger partial charge is 0.383 e. The highest BCUT2D eigenvalue weighted by Crippen LogP contribution is 2.26. The summed E-state index contributed by atoms with van der Waals surface area (Å²) >= 11 is 0. The fourth-order valence-corrected chi connectivity index (χ4v) is 1.98. The number of carbonyl (C=O) groups is 2. The third kappa shape index (κ3) is 4.56. The van der Waals surface area contributed by atoms with E-state index in [-0.39, 0.29) is 17.7 Å². The number of carbonyl (C=O) groups excluding carboxylic acids is 2. The van der Waals surface area contributed by atoms with E-state index in [1.807, 2.05) is 24.3 Å². The van der Waals surface area contributed by atoms with E-state index in [1.54, 1.807) is 21.0 Å². The molecule has 0 aromatic heterocycles. The monoisotopic (exact) mass is 306 g/mol. The van der Waals surface area contributed by atoms with Crippen molar-refractivity contribution in [2.45, 2.75) is 33.6 Å². The predicted molar refractivity (Wildman–Crippen MR) is 87.8 cm³/mol. The quantitative estimate of drug-likeness (QED) is 0.601. The lowest BCUT2D eigenvalue weighted by Crippen LogP contribution is -2.46. The first-order valence-electron chi connectivity index (χ1n) is 7.48. The Morgan fingerprint density at radius 1 is 1.18 bits per heavy atom. The third-order valence-corrected chi connectivity index (χ3v) is 3.56. The van der Waals surface area contributed by atoms with Crippen LogP contribution in [0.15, 0.2) is 24.3 Å². The van der Waals surface area contributed by atoms with E-state index in [9.17, 15) is 9.59 Å². The number of amides is 2. The van der Waals surface area contributed by atoms with Crippen molar-refractivity contribution in [2.75, 3.05) is 25.6 Å². The molecule has 0 bridgehead atoms. The number of hydrogen-bond donors (Lipinski definition) is 2. The van der Waals surface area contributed by atoms with Gasteiger partial charge in [-0.05, 0) is 31.4 Å². The average molecular weight is 306 g/mol. The molecule has 0 radical (unpaired) electrons. The van der Waals surface area contributed by atoms with Crippen LogP contribution in [0.2, 0.25) is 0 Å². The van der Waals surface area contributed by atoms with E-state index in [2.05, 4.69) is 24.5 Å². The fourth-order valence-electron chi connectivity index (χ4n) is 1.98. The van der Waals surface area contributed by atoms with Gasteiger partial charge in [0.25, 0.3) is 0 Å². The van der Waals surface area contributed by atoms with Crippen molar-refractivity contribution in [3.05, 3.63) is 29.8 Å². The minimum absolute atomic E-state index is 0.287. The van der Waals surface area contributed by atoms with E-state index in [0.29, 0.717) is 13.2 Å². The summed E-state index contributed by atoms with van der Waals surface area (Å²) in [7, 11) is 1.56. The molecule has 0 aliphatic carbocycles. The number of anilines is 1. The summed E-state index contributed by atoms with van der Waals surface area (Å²) in [6.45, 7) is 8.15. The summed E-state index contributed by atoms with van der Waals surface area (Å²) in [6.07, 6.45) is 0. The maximum Gasteiger partial charge on any atom is 0.239 e. The smallest absolute Gasteiger partial charge is 0.239 e. The fraction of sp³-hybridized carbons (Fsp3) is 0.529. The minimum atomic E-state index is -1.15. The number of methoxy groups -OCH3 is 1. The summed E-state index contributed by atoms with van der Waals surface area (Å²) < 4.78 is 4.89. The van der Waals surface area contributed by atoms with E-state index in [4.69, 9.17) is 4.74 Å². The van der Waals surface area contributed by atoms with E-state index < -0.39 is 5.41 Å². The molecule has 0 saturated heterocycles. The Morgan fingerprint density at radius 2 is 1.82 bits per heavy atom. The molecule has 1 aromatic carbocycles. The van der Waals surface area contributed by atoms with Crippen molar-refractivity contribution in [3.63, 3.8) is 0 Å². The zero-order valence-corrected chi connectivity index (χ0v) is 14.0. The van der Waals surface area contributed by atoms with Crippen molar-refractivity contribution in [3.8, 4) is 0 Å². The van der Waals surface area contributed by atoms with Crippen LogP contribution >= 0.6 is 0 Å². The van der Waals surface area contributed by atoms with Gasteiger partial charge in [0.15, 0.2) is 0 Å². The molecule has 0 aliphatic rings. The van der Waals surface area contributed by atoms with Crippen LogP contribution in [0.3, 0.4) is 0 Å². The zero-order chi connectivity index (χ0) is 16.8. The van der Waals surface area contributed by atoms with Gasteiger partial charge in [-0.25, -0.2) is 0 Å². The number of nitrogens with one attached hydrogen (secondary N) is 2. The summed E-state index contributed by atoms with van der Waals surface area (Å²) in [6, 6.07) is 7.64. The van der Waals surface area contributed by atoms with Crippen molar-refractivity contribution in [2.24, 2.45) is 5.41 Å². The average Bonchev–Trinajstić information content (AvgIpc) is 2.47. The maximum absolute atomic E-state index is 12.5. The van der Waals surface area contributed by atoms with Crippen LogP contribution < -0.4 is 10.6 Å². The Hall–Kier alpha value is -1.88. The van der Waals surface area contributed by atoms with Crippen LogP contribution in [-0.2, 0) is 14.3 Å². The molecule has 0 spiro atoms. The second kappa shape index (κ2) is 7.94. The Kier molecular flexibility index (Phi) is 6.56. The second-order valence-corrected chi connectivity index (χ2v) is 6.07. The number of ether oxygens (including phenoxy) is 1. The van der Waals surface area contributed by atoms with Crippen LogP contribution in [-0.4, -0.2) is 32.1 Å². The van der Waals surface area contributed by atoms with Gasteiger partial charge in [-0.2, -0.15) is 0 Å². The lowest BCUT2D eigenvalue weighted by Gasteiger charge is -2.24. The predicted octanol–water partition coefficient (Wildman–Crippen LogP) is 2.54. The molecular weight excluding hydrogens is 280 g/mol. The van der Waals surface area contributed by atoms with Gasteiger partial charge in [0.2, 0.25) is 11.8 Å². The normalized spacial score (nSPS) is 11.4. The Balaban J connectivity index is 2.81. The molecule has 1 aromatic rings. The molecular formula is C17H26N2O3. The highest BCUT2D eigenvalue weighted by atomic mass is 16.5. The van der Waals surface area contributed by atoms with Crippen molar-refractivity contribution in [1.82, 2.24) is 5.32 Å². The zero-order valence-electron chi connectivity index (χ0n) is 14.0. The van der Waals surface area contributed by atoms with Crippen LogP contribution in [0.5, 0.6) is 0 Å². The van der Waals surface area contributed by atoms with Gasteiger partial charge < -0.3 is 15.4 Å². The number of para-hydroxylation sites is 1. The standard InChI is InChI=1S/C17H26N2O3/c1-12(2)13-8-6-7-9-14(13)19-16(21)17(3,4)15(20)18-10-11-22-5/h6-9,12H,10-11H2,1-5H3,(H,18,20)(H,19,21). The van der Waals surface area contributed by atoms with Gasteiger partial charge in [0, 0.05) is 19.3 Å². The molecule has 0 unspecified atom stereocenters. The van der Waals surface area contributed by atoms with Crippen LogP contribution in [0.1, 0.15) is 39.2 Å². The molecule has 0 fully saturated rings. The summed E-state index contributed by atoms with van der Waals surface area (Å²) in [5, 5.41) is 5.58. The second-order valence-electron chi connectivity index (χ2n) is 6.07. The molecule has 0 atom stereocenters. The first-order chi connectivity index (χ1) is 10.3.